The molecule has 5 rings (SSSR count). The van der Waals surface area contributed by atoms with Crippen LogP contribution in [0.4, 0.5) is 14.5 Å². The Morgan fingerprint density at radius 3 is 1.91 bits per heavy atom. The second-order valence-corrected chi connectivity index (χ2v) is 13.0. The third kappa shape index (κ3) is 8.14. The van der Waals surface area contributed by atoms with E-state index in [0.29, 0.717) is 48.3 Å². The van der Waals surface area contributed by atoms with Gasteiger partial charge in [0.05, 0.1) is 39.5 Å². The molecule has 0 radical (unpaired) electrons. The molecule has 3 N–H and O–H groups in total. The molecule has 0 spiro atoms. The molecular weight excluding hydrogens is 594 g/mol. The van der Waals surface area contributed by atoms with Crippen LogP contribution in [-0.2, 0) is 20.8 Å². The fourth-order valence-electron chi connectivity index (χ4n) is 5.62. The number of nitrogens with zero attached hydrogens (tertiary/aromatic N) is 4. The van der Waals surface area contributed by atoms with E-state index in [4.69, 9.17) is 16.4 Å². The van der Waals surface area contributed by atoms with E-state index in [1.165, 1.54) is 37.3 Å². The zero-order valence-electron chi connectivity index (χ0n) is 26.6. The maximum absolute atomic E-state index is 13.9. The SMILES string of the molecule is CC(=O)C1C(=O)CC(C)(C)CC1=O.Cc1nn(-c2ccc(C#N)c(F)c2)c2c1C(=O)CC(C)(C)C2.N#Cc1ccc(NN)cc1F. The number of benzene rings is 2. The molecule has 2 aromatic carbocycles. The van der Waals surface area contributed by atoms with Crippen molar-refractivity contribution in [2.45, 2.75) is 67.2 Å². The van der Waals surface area contributed by atoms with Gasteiger partial charge in [0.1, 0.15) is 35.5 Å². The molecule has 10 nitrogen and oxygen atoms in total. The molecule has 2 aliphatic carbocycles. The highest BCUT2D eigenvalue weighted by Crippen LogP contribution is 2.37. The predicted molar refractivity (Wildman–Crippen MR) is 166 cm³/mol. The number of hydrazine groups is 1. The molecule has 0 amide bonds. The lowest BCUT2D eigenvalue weighted by molar-refractivity contribution is -0.144. The van der Waals surface area contributed by atoms with Crippen molar-refractivity contribution in [3.8, 4) is 17.8 Å². The Hall–Kier alpha value is -5.07. The monoisotopic (exact) mass is 630 g/mol. The number of anilines is 1. The Labute approximate surface area is 266 Å². The van der Waals surface area contributed by atoms with Crippen LogP contribution >= 0.6 is 0 Å². The highest BCUT2D eigenvalue weighted by atomic mass is 19.1. The van der Waals surface area contributed by atoms with E-state index in [9.17, 15) is 28.0 Å². The number of nitrogen functional groups attached to an aromatic ring is 1. The minimum atomic E-state index is -0.965. The van der Waals surface area contributed by atoms with Crippen LogP contribution in [0.2, 0.25) is 0 Å². The number of aromatic nitrogens is 2. The van der Waals surface area contributed by atoms with E-state index < -0.39 is 17.6 Å². The first-order chi connectivity index (χ1) is 21.4. The van der Waals surface area contributed by atoms with Gasteiger partial charge in [-0.2, -0.15) is 15.6 Å². The zero-order chi connectivity index (χ0) is 34.6. The average molecular weight is 631 g/mol. The summed E-state index contributed by atoms with van der Waals surface area (Å²) in [5.41, 5.74) is 5.01. The lowest BCUT2D eigenvalue weighted by Crippen LogP contribution is -2.40. The predicted octanol–water partition coefficient (Wildman–Crippen LogP) is 5.48. The van der Waals surface area contributed by atoms with Crippen molar-refractivity contribution in [1.82, 2.24) is 9.78 Å². The number of ketones is 4. The van der Waals surface area contributed by atoms with Gasteiger partial charge >= 0.3 is 0 Å². The van der Waals surface area contributed by atoms with Crippen LogP contribution in [0.25, 0.3) is 5.69 Å². The number of carbonyl (C=O) groups excluding carboxylic acids is 4. The third-order valence-corrected chi connectivity index (χ3v) is 7.65. The fraction of sp³-hybridized carbons (Fsp3) is 0.382. The van der Waals surface area contributed by atoms with Gasteiger partial charge in [0.2, 0.25) is 0 Å². The average Bonchev–Trinajstić information content (AvgIpc) is 3.27. The molecule has 1 heterocycles. The molecule has 0 bridgehead atoms. The number of nitrogens with one attached hydrogen (secondary N) is 1. The summed E-state index contributed by atoms with van der Waals surface area (Å²) in [6.07, 6.45) is 1.87. The summed E-state index contributed by atoms with van der Waals surface area (Å²) in [4.78, 5) is 46.2. The number of rotatable bonds is 3. The topological polar surface area (TPSA) is 172 Å². The molecule has 0 atom stereocenters. The Bertz CT molecular complexity index is 1780. The van der Waals surface area contributed by atoms with Crippen LogP contribution in [0.5, 0.6) is 0 Å². The second-order valence-electron chi connectivity index (χ2n) is 13.0. The Morgan fingerprint density at radius 1 is 0.913 bits per heavy atom. The Morgan fingerprint density at radius 2 is 1.43 bits per heavy atom. The maximum atomic E-state index is 13.9. The quantitative estimate of drug-likeness (QED) is 0.216. The summed E-state index contributed by atoms with van der Waals surface area (Å²) < 4.78 is 28.2. The molecule has 0 saturated heterocycles. The number of Topliss-reactive ketones (excluding diaryl/α,β-unsaturated/α-hetero) is 4. The van der Waals surface area contributed by atoms with E-state index in [-0.39, 0.29) is 45.1 Å². The van der Waals surface area contributed by atoms with E-state index in [0.717, 1.165) is 5.69 Å². The van der Waals surface area contributed by atoms with E-state index in [1.807, 2.05) is 27.7 Å². The highest BCUT2D eigenvalue weighted by molar-refractivity contribution is 6.20. The lowest BCUT2D eigenvalue weighted by atomic mass is 9.70. The smallest absolute Gasteiger partial charge is 0.167 e. The van der Waals surface area contributed by atoms with E-state index >= 15 is 0 Å². The van der Waals surface area contributed by atoms with Gasteiger partial charge in [-0.1, -0.05) is 27.7 Å². The van der Waals surface area contributed by atoms with Crippen molar-refractivity contribution in [2.75, 3.05) is 5.43 Å². The number of hydrogen-bond acceptors (Lipinski definition) is 9. The number of fused-ring (bicyclic) bond motifs is 1. The van der Waals surface area contributed by atoms with Crippen molar-refractivity contribution in [3.63, 3.8) is 0 Å². The molecule has 1 aromatic heterocycles. The normalized spacial score (nSPS) is 16.5. The number of hydrogen-bond donors (Lipinski definition) is 2. The van der Waals surface area contributed by atoms with Gasteiger partial charge in [0, 0.05) is 25.3 Å². The first-order valence-corrected chi connectivity index (χ1v) is 14.5. The summed E-state index contributed by atoms with van der Waals surface area (Å²) >= 11 is 0. The van der Waals surface area contributed by atoms with Gasteiger partial charge in [0.15, 0.2) is 17.3 Å². The number of nitriles is 2. The molecule has 0 aliphatic heterocycles. The molecule has 240 valence electrons. The van der Waals surface area contributed by atoms with Crippen molar-refractivity contribution in [3.05, 3.63) is 76.1 Å². The number of carbonyl (C=O) groups is 4. The highest BCUT2D eigenvalue weighted by Gasteiger charge is 2.41. The number of halogens is 2. The molecular formula is C34H36F2N6O4. The Balaban J connectivity index is 0.000000205. The van der Waals surface area contributed by atoms with Gasteiger partial charge in [-0.25, -0.2) is 13.5 Å². The lowest BCUT2D eigenvalue weighted by Gasteiger charge is -2.30. The van der Waals surface area contributed by atoms with Crippen LogP contribution < -0.4 is 11.3 Å². The van der Waals surface area contributed by atoms with E-state index in [2.05, 4.69) is 10.5 Å². The van der Waals surface area contributed by atoms with Gasteiger partial charge in [-0.15, -0.1) is 0 Å². The summed E-state index contributed by atoms with van der Waals surface area (Å²) in [5, 5.41) is 21.6. The van der Waals surface area contributed by atoms with Crippen LogP contribution in [0.1, 0.15) is 86.8 Å². The van der Waals surface area contributed by atoms with Crippen molar-refractivity contribution >= 4 is 28.8 Å². The summed E-state index contributed by atoms with van der Waals surface area (Å²) in [5.74, 6) is 2.24. The largest absolute Gasteiger partial charge is 0.324 e. The van der Waals surface area contributed by atoms with Crippen molar-refractivity contribution in [2.24, 2.45) is 22.6 Å². The van der Waals surface area contributed by atoms with Gasteiger partial charge in [0.25, 0.3) is 0 Å². The summed E-state index contributed by atoms with van der Waals surface area (Å²) in [6.45, 7) is 10.9. The van der Waals surface area contributed by atoms with E-state index in [1.54, 1.807) is 29.8 Å². The number of aryl methyl sites for hydroxylation is 1. The molecule has 2 aliphatic rings. The van der Waals surface area contributed by atoms with Crippen LogP contribution in [-0.4, -0.2) is 32.9 Å². The van der Waals surface area contributed by atoms with Crippen LogP contribution in [0, 0.1) is 58.0 Å². The van der Waals surface area contributed by atoms with Gasteiger partial charge in [-0.3, -0.25) is 25.0 Å². The second kappa shape index (κ2) is 13.9. The van der Waals surface area contributed by atoms with Crippen LogP contribution in [0.15, 0.2) is 36.4 Å². The summed E-state index contributed by atoms with van der Waals surface area (Å²) in [6, 6.07) is 11.9. The molecule has 1 fully saturated rings. The third-order valence-electron chi connectivity index (χ3n) is 7.65. The van der Waals surface area contributed by atoms with Crippen LogP contribution in [0.3, 0.4) is 0 Å². The van der Waals surface area contributed by atoms with Gasteiger partial charge < -0.3 is 5.43 Å². The minimum absolute atomic E-state index is 0.00194. The molecule has 1 saturated carbocycles. The Kier molecular flexibility index (Phi) is 10.7. The number of nitrogens with two attached hydrogens (primary N) is 1. The minimum Gasteiger partial charge on any atom is -0.324 e. The molecule has 0 unspecified atom stereocenters. The van der Waals surface area contributed by atoms with Gasteiger partial charge in [-0.05, 0) is 61.4 Å². The molecule has 3 aromatic rings. The zero-order valence-corrected chi connectivity index (χ0v) is 26.6. The first kappa shape index (κ1) is 35.4. The summed E-state index contributed by atoms with van der Waals surface area (Å²) in [7, 11) is 0. The maximum Gasteiger partial charge on any atom is 0.167 e. The van der Waals surface area contributed by atoms with Crippen molar-refractivity contribution in [1.29, 1.82) is 10.5 Å². The molecule has 12 heteroatoms. The first-order valence-electron chi connectivity index (χ1n) is 14.5. The molecule has 46 heavy (non-hydrogen) atoms. The fourth-order valence-corrected chi connectivity index (χ4v) is 5.62. The van der Waals surface area contributed by atoms with Crippen molar-refractivity contribution < 1.29 is 28.0 Å². The standard InChI is InChI=1S/C17H16FN3O.C10H14O3.C7H6FN3/c1-10-16-14(7-17(2,3)8-15(16)22)21(20-10)12-5-4-11(9-19)13(18)6-12;1-6(11)9-7(12)4-10(2,3)5-8(9)13;8-7-3-6(11-10)2-1-5(7)4-9/h4-6H,7-8H2,1-3H3;9H,4-5H2,1-3H3;1-3,11H,10H2.